The first-order valence-corrected chi connectivity index (χ1v) is 6.12. The fourth-order valence-electron chi connectivity index (χ4n) is 2.14. The minimum atomic E-state index is 0.903. The van der Waals surface area contributed by atoms with Gasteiger partial charge in [0.15, 0.2) is 0 Å². The molecule has 1 heterocycles. The second kappa shape index (κ2) is 5.30. The quantitative estimate of drug-likeness (QED) is 0.410. The lowest BCUT2D eigenvalue weighted by molar-refractivity contribution is 0.174. The maximum Gasteiger partial charge on any atom is 0.101 e. The monoisotopic (exact) mass is 219 g/mol. The molecule has 1 aliphatic heterocycles. The van der Waals surface area contributed by atoms with Gasteiger partial charge in [0.2, 0.25) is 0 Å². The van der Waals surface area contributed by atoms with Gasteiger partial charge in [-0.3, -0.25) is 4.90 Å². The van der Waals surface area contributed by atoms with Gasteiger partial charge in [0, 0.05) is 38.4 Å². The summed E-state index contributed by atoms with van der Waals surface area (Å²) in [4.78, 5) is 9.38. The summed E-state index contributed by atoms with van der Waals surface area (Å²) in [5.41, 5.74) is 0. The summed E-state index contributed by atoms with van der Waals surface area (Å²) in [7, 11) is 0. The molecule has 2 rings (SSSR count). The molecule has 3 nitrogen and oxygen atoms in total. The molecule has 0 N–H and O–H groups in total. The maximum absolute atomic E-state index is 4.40. The number of amidine groups is 1. The summed E-state index contributed by atoms with van der Waals surface area (Å²) >= 11 is 0. The first-order chi connectivity index (χ1) is 7.81. The van der Waals surface area contributed by atoms with Crippen molar-refractivity contribution in [1.82, 2.24) is 9.80 Å². The van der Waals surface area contributed by atoms with Crippen LogP contribution >= 0.6 is 0 Å². The van der Waals surface area contributed by atoms with E-state index in [1.54, 1.807) is 6.08 Å². The number of hydrogen-bond acceptors (Lipinski definition) is 2. The van der Waals surface area contributed by atoms with E-state index in [2.05, 4.69) is 28.3 Å². The summed E-state index contributed by atoms with van der Waals surface area (Å²) in [6.07, 6.45) is 8.26. The van der Waals surface area contributed by atoms with Crippen LogP contribution in [0.25, 0.3) is 0 Å². The molecule has 2 aliphatic rings. The van der Waals surface area contributed by atoms with E-state index in [1.807, 2.05) is 12.3 Å². The molecule has 1 saturated heterocycles. The second-order valence-corrected chi connectivity index (χ2v) is 4.51. The van der Waals surface area contributed by atoms with Crippen molar-refractivity contribution in [2.24, 2.45) is 4.99 Å². The van der Waals surface area contributed by atoms with Gasteiger partial charge in [-0.1, -0.05) is 12.7 Å². The highest BCUT2D eigenvalue weighted by Crippen LogP contribution is 2.27. The Morgan fingerprint density at radius 1 is 1.25 bits per heavy atom. The molecule has 1 aliphatic carbocycles. The van der Waals surface area contributed by atoms with Crippen molar-refractivity contribution in [3.63, 3.8) is 0 Å². The van der Waals surface area contributed by atoms with E-state index in [-0.39, 0.29) is 0 Å². The Balaban J connectivity index is 1.80. The highest BCUT2D eigenvalue weighted by Gasteiger charge is 2.31. The van der Waals surface area contributed by atoms with Crippen molar-refractivity contribution >= 4 is 5.84 Å². The van der Waals surface area contributed by atoms with E-state index in [9.17, 15) is 0 Å². The van der Waals surface area contributed by atoms with Crippen molar-refractivity contribution in [2.75, 3.05) is 26.2 Å². The average molecular weight is 219 g/mol. The molecular formula is C13H21N3. The molecular weight excluding hydrogens is 198 g/mol. The third-order valence-corrected chi connectivity index (χ3v) is 3.32. The van der Waals surface area contributed by atoms with Gasteiger partial charge in [-0.25, -0.2) is 4.99 Å². The normalized spacial score (nSPS) is 24.1. The van der Waals surface area contributed by atoms with Crippen LogP contribution in [0.3, 0.4) is 0 Å². The Kier molecular flexibility index (Phi) is 3.78. The summed E-state index contributed by atoms with van der Waals surface area (Å²) in [6, 6.07) is 0.903. The number of hydrogen-bond donors (Lipinski definition) is 0. The maximum atomic E-state index is 4.40. The molecule has 16 heavy (non-hydrogen) atoms. The lowest BCUT2D eigenvalue weighted by Crippen LogP contribution is -2.48. The Morgan fingerprint density at radius 2 is 1.94 bits per heavy atom. The molecule has 0 unspecified atom stereocenters. The first-order valence-electron chi connectivity index (χ1n) is 6.12. The molecule has 0 aromatic carbocycles. The molecule has 88 valence electrons. The minimum absolute atomic E-state index is 0.903. The Morgan fingerprint density at radius 3 is 2.50 bits per heavy atom. The molecule has 3 heteroatoms. The van der Waals surface area contributed by atoms with Gasteiger partial charge in [-0.05, 0) is 25.8 Å². The molecule has 0 radical (unpaired) electrons. The van der Waals surface area contributed by atoms with Crippen LogP contribution in [-0.4, -0.2) is 47.9 Å². The lowest BCUT2D eigenvalue weighted by atomic mass is 10.3. The third kappa shape index (κ3) is 2.95. The molecule has 0 aromatic rings. The van der Waals surface area contributed by atoms with E-state index >= 15 is 0 Å². The van der Waals surface area contributed by atoms with Crippen LogP contribution < -0.4 is 0 Å². The van der Waals surface area contributed by atoms with E-state index in [0.29, 0.717) is 0 Å². The van der Waals surface area contributed by atoms with Crippen LogP contribution in [0.2, 0.25) is 0 Å². The fraction of sp³-hybridized carbons (Fsp3) is 0.615. The second-order valence-electron chi connectivity index (χ2n) is 4.51. The van der Waals surface area contributed by atoms with Gasteiger partial charge >= 0.3 is 0 Å². The highest BCUT2D eigenvalue weighted by atomic mass is 15.3. The zero-order valence-corrected chi connectivity index (χ0v) is 10.1. The number of rotatable bonds is 3. The summed E-state index contributed by atoms with van der Waals surface area (Å²) in [6.45, 7) is 10.3. The zero-order chi connectivity index (χ0) is 11.4. The number of aliphatic imine (C=N–C) groups is 1. The van der Waals surface area contributed by atoms with Crippen LogP contribution in [0.15, 0.2) is 29.9 Å². The van der Waals surface area contributed by atoms with Gasteiger partial charge in [-0.2, -0.15) is 0 Å². The van der Waals surface area contributed by atoms with E-state index in [0.717, 1.165) is 25.0 Å². The van der Waals surface area contributed by atoms with Crippen LogP contribution in [-0.2, 0) is 0 Å². The molecule has 0 spiro atoms. The van der Waals surface area contributed by atoms with Crippen molar-refractivity contribution in [2.45, 2.75) is 25.8 Å². The number of nitrogens with zero attached hydrogens (tertiary/aromatic N) is 3. The largest absolute Gasteiger partial charge is 0.358 e. The fourth-order valence-corrected chi connectivity index (χ4v) is 2.14. The molecule has 2 fully saturated rings. The predicted octanol–water partition coefficient (Wildman–Crippen LogP) is 1.88. The number of piperazine rings is 1. The smallest absolute Gasteiger partial charge is 0.101 e. The van der Waals surface area contributed by atoms with Gasteiger partial charge in [0.05, 0.1) is 0 Å². The van der Waals surface area contributed by atoms with Crippen LogP contribution in [0.4, 0.5) is 0 Å². The lowest BCUT2D eigenvalue weighted by Gasteiger charge is -2.35. The highest BCUT2D eigenvalue weighted by molar-refractivity contribution is 5.80. The topological polar surface area (TPSA) is 18.8 Å². The van der Waals surface area contributed by atoms with Crippen LogP contribution in [0.1, 0.15) is 19.8 Å². The third-order valence-electron chi connectivity index (χ3n) is 3.32. The zero-order valence-electron chi connectivity index (χ0n) is 10.1. The number of allylic oxidation sites excluding steroid dienone is 2. The van der Waals surface area contributed by atoms with Gasteiger partial charge in [0.1, 0.15) is 5.84 Å². The molecule has 1 saturated carbocycles. The van der Waals surface area contributed by atoms with Crippen LogP contribution in [0, 0.1) is 0 Å². The van der Waals surface area contributed by atoms with Crippen molar-refractivity contribution in [3.8, 4) is 0 Å². The van der Waals surface area contributed by atoms with Crippen molar-refractivity contribution in [3.05, 3.63) is 24.9 Å². The van der Waals surface area contributed by atoms with Crippen LogP contribution in [0.5, 0.6) is 0 Å². The Hall–Kier alpha value is -1.09. The molecule has 0 amide bonds. The van der Waals surface area contributed by atoms with Crippen molar-refractivity contribution in [1.29, 1.82) is 0 Å². The van der Waals surface area contributed by atoms with E-state index < -0.39 is 0 Å². The van der Waals surface area contributed by atoms with Gasteiger partial charge in [0.25, 0.3) is 0 Å². The van der Waals surface area contributed by atoms with Gasteiger partial charge < -0.3 is 4.90 Å². The molecule has 0 aromatic heterocycles. The Labute approximate surface area is 98.1 Å². The standard InChI is InChI=1S/C13H21N3/c1-3-4-7-14-12(2)15-8-10-16(11-9-15)13-5-6-13/h3-4,7,13H,1,5-6,8-11H2,2H3/b7-4-,14-12+. The summed E-state index contributed by atoms with van der Waals surface area (Å²) in [5.74, 6) is 1.12. The minimum Gasteiger partial charge on any atom is -0.358 e. The average Bonchev–Trinajstić information content (AvgIpc) is 3.13. The van der Waals surface area contributed by atoms with Crippen molar-refractivity contribution < 1.29 is 0 Å². The SMILES string of the molecule is C=C/C=C\N=C(/C)N1CCN(C2CC2)CC1. The van der Waals surface area contributed by atoms with Gasteiger partial charge in [-0.15, -0.1) is 0 Å². The molecule has 0 bridgehead atoms. The summed E-state index contributed by atoms with van der Waals surface area (Å²) < 4.78 is 0. The Bertz CT molecular complexity index is 294. The summed E-state index contributed by atoms with van der Waals surface area (Å²) in [5, 5.41) is 0. The predicted molar refractivity (Wildman–Crippen MR) is 68.6 cm³/mol. The van der Waals surface area contributed by atoms with E-state index in [4.69, 9.17) is 0 Å². The molecule has 0 atom stereocenters. The van der Waals surface area contributed by atoms with E-state index in [1.165, 1.54) is 25.9 Å². The first kappa shape index (κ1) is 11.4.